The molecule has 3 saturated carbocycles. The zero-order valence-corrected chi connectivity index (χ0v) is 66.2. The SMILES string of the molecule is C.CC(C)(C)OC(=O)CCC1CCC(c2ccc(C(=O)O)cc2)CC1.CCOC(=O)c1ccc(C2CCC(/C=C/C(=O)OC(C)(C)C)CC2)cc1.CCOC(=O)c1ccc(C2CCC(CCC(=O)OC(C)(C)C)CC2)cc1.CC[CH-]I.[CH2-]CC.[I][V]([I])[I].[V]. The van der Waals surface area contributed by atoms with E-state index in [4.69, 9.17) is 28.8 Å². The molecule has 0 unspecified atom stereocenters. The Balaban J connectivity index is 0. The Kier molecular flexibility index (Phi) is 49.1. The Morgan fingerprint density at radius 3 is 1.08 bits per heavy atom. The molecular weight excluding hydrogens is 1650 g/mol. The van der Waals surface area contributed by atoms with Crippen LogP contribution in [-0.4, -0.2) is 70.9 Å². The molecule has 3 aromatic carbocycles. The molecule has 0 spiro atoms. The number of carbonyl (C=O) groups excluding carboxylic acids is 5. The van der Waals surface area contributed by atoms with Crippen molar-refractivity contribution in [3.8, 4) is 0 Å². The minimum atomic E-state index is -0.882. The van der Waals surface area contributed by atoms with E-state index in [1.54, 1.807) is 18.2 Å². The third-order valence-corrected chi connectivity index (χ3v) is 15.2. The van der Waals surface area contributed by atoms with Gasteiger partial charge in [0.1, 0.15) is 16.8 Å². The molecule has 0 saturated heterocycles. The van der Waals surface area contributed by atoms with Gasteiger partial charge in [0.25, 0.3) is 0 Å². The van der Waals surface area contributed by atoms with Crippen molar-refractivity contribution >= 4 is 118 Å². The first-order valence-electron chi connectivity index (χ1n) is 31.1. The Morgan fingerprint density at radius 2 is 0.820 bits per heavy atom. The van der Waals surface area contributed by atoms with Crippen LogP contribution in [0.3, 0.4) is 0 Å². The quantitative estimate of drug-likeness (QED) is 0.0447. The number of allylic oxidation sites excluding steroid dienone is 1. The molecule has 3 fully saturated rings. The number of rotatable bonds is 17. The van der Waals surface area contributed by atoms with Crippen molar-refractivity contribution in [1.82, 2.24) is 0 Å². The van der Waals surface area contributed by atoms with Gasteiger partial charge in [0.05, 0.1) is 29.9 Å². The van der Waals surface area contributed by atoms with Crippen LogP contribution in [0.2, 0.25) is 0 Å². The summed E-state index contributed by atoms with van der Waals surface area (Å²) in [6, 6.07) is 22.9. The van der Waals surface area contributed by atoms with Gasteiger partial charge in [-0.3, -0.25) is 14.0 Å². The van der Waals surface area contributed by atoms with Gasteiger partial charge in [-0.2, -0.15) is 12.8 Å². The number of hydrogen-bond donors (Lipinski definition) is 1. The van der Waals surface area contributed by atoms with Crippen LogP contribution in [0, 0.1) is 29.1 Å². The van der Waals surface area contributed by atoms with Gasteiger partial charge in [0.2, 0.25) is 0 Å². The summed E-state index contributed by atoms with van der Waals surface area (Å²) in [6.07, 6.45) is 21.9. The number of aromatic carboxylic acids is 1. The van der Waals surface area contributed by atoms with Gasteiger partial charge in [-0.25, -0.2) is 19.2 Å². The molecule has 0 aliphatic heterocycles. The van der Waals surface area contributed by atoms with Crippen LogP contribution in [0.15, 0.2) is 84.9 Å². The van der Waals surface area contributed by atoms with Crippen LogP contribution in [0.25, 0.3) is 0 Å². The van der Waals surface area contributed by atoms with Gasteiger partial charge in [-0.15, -0.1) is 0 Å². The predicted molar refractivity (Wildman–Crippen MR) is 390 cm³/mol. The first-order chi connectivity index (χ1) is 40.9. The number of carboxylic acids is 1. The fraction of sp³-hybridized carbons (Fsp3) is 0.606. The normalized spacial score (nSPS) is 18.7. The van der Waals surface area contributed by atoms with Crippen molar-refractivity contribution in [3.63, 3.8) is 0 Å². The van der Waals surface area contributed by atoms with E-state index in [1.165, 1.54) is 23.1 Å². The second kappa shape index (κ2) is 48.9. The standard InChI is InChI=1S/C22H32O4.C22H30O4.C20H28O4.C3H6I.C3H7.CH4.3HI.2V/c2*1-5-25-21(24)19-13-11-18(12-14-19)17-9-6-16(7-10-17)8-15-20(23)26-22(2,3)4;1-20(2,3)24-18(21)13-6-14-4-7-15(8-5-14)16-9-11-17(12-10-16)19(22)23;1-2-3-4;1-3-2;;;;;;/h11-14,16-17H,5-10,15H2,1-4H3;8,11-17H,5-7,9-10H2,1-4H3;9-12,14-15H,4-8,13H2,1-3H3,(H,22,23);3H,2H2,1H3;1,3H2,2H3;1H4;3*1H;;/q;;;2*-1;;;;;;+3/p-3/b;15-8+;;;;;;;;;. The molecule has 1 N–H and O–H groups in total. The van der Waals surface area contributed by atoms with E-state index in [0.29, 0.717) is 78.3 Å². The van der Waals surface area contributed by atoms with Crippen molar-refractivity contribution in [2.45, 2.75) is 248 Å². The third-order valence-electron chi connectivity index (χ3n) is 14.3. The van der Waals surface area contributed by atoms with Crippen molar-refractivity contribution in [1.29, 1.82) is 0 Å². The summed E-state index contributed by atoms with van der Waals surface area (Å²) in [7, 11) is 0. The van der Waals surface area contributed by atoms with Gasteiger partial charge >= 0.3 is 101 Å². The smallest absolute Gasteiger partial charge is 0 e. The Hall–Kier alpha value is -1.69. The van der Waals surface area contributed by atoms with Gasteiger partial charge in [-0.1, -0.05) is 63.7 Å². The molecule has 1 radical (unpaired) electrons. The number of esters is 5. The third kappa shape index (κ3) is 43.1. The molecule has 0 aromatic heterocycles. The molecule has 0 atom stereocenters. The first kappa shape index (κ1) is 89.4. The number of benzene rings is 3. The zero-order chi connectivity index (χ0) is 65.8. The van der Waals surface area contributed by atoms with Crippen LogP contribution >= 0.6 is 82.5 Å². The van der Waals surface area contributed by atoms with Crippen molar-refractivity contribution < 1.29 is 81.0 Å². The van der Waals surface area contributed by atoms with Gasteiger partial charge in [0.15, 0.2) is 0 Å². The molecule has 12 nitrogen and oxygen atoms in total. The summed E-state index contributed by atoms with van der Waals surface area (Å²) in [6.45, 7) is 29.0. The molecule has 3 aromatic rings. The van der Waals surface area contributed by atoms with Crippen LogP contribution in [0.1, 0.15) is 279 Å². The van der Waals surface area contributed by atoms with Crippen molar-refractivity contribution in [3.05, 3.63) is 130 Å². The topological polar surface area (TPSA) is 169 Å². The fourth-order valence-corrected chi connectivity index (χ4v) is 10.3. The summed E-state index contributed by atoms with van der Waals surface area (Å²) >= 11 is 9.61. The second-order valence-electron chi connectivity index (χ2n) is 25.1. The minimum Gasteiger partial charge on any atom is 0 e. The number of halogens is 4. The molecule has 89 heavy (non-hydrogen) atoms. The van der Waals surface area contributed by atoms with Crippen molar-refractivity contribution in [2.24, 2.45) is 17.8 Å². The Labute approximate surface area is 601 Å². The predicted octanol–water partition coefficient (Wildman–Crippen LogP) is 21.6. The Morgan fingerprint density at radius 1 is 0.539 bits per heavy atom. The van der Waals surface area contributed by atoms with Gasteiger partial charge < -0.3 is 58.3 Å². The number of carbonyl (C=O) groups is 6. The van der Waals surface area contributed by atoms with Crippen LogP contribution in [-0.2, 0) is 61.5 Å². The van der Waals surface area contributed by atoms with E-state index < -0.39 is 22.8 Å². The van der Waals surface area contributed by atoms with Crippen molar-refractivity contribution in [2.75, 3.05) is 13.2 Å². The van der Waals surface area contributed by atoms with E-state index >= 15 is 0 Å². The summed E-state index contributed by atoms with van der Waals surface area (Å²) in [5.41, 5.74) is 4.09. The van der Waals surface area contributed by atoms with Gasteiger partial charge in [-0.05, 0) is 255 Å². The number of carboxylic acid groups (broad SMARTS) is 1. The summed E-state index contributed by atoms with van der Waals surface area (Å²) in [4.78, 5) is 69.5. The maximum absolute atomic E-state index is 11.9. The molecule has 0 bridgehead atoms. The molecule has 3 aliphatic rings. The molecule has 503 valence electrons. The van der Waals surface area contributed by atoms with Crippen LogP contribution in [0.5, 0.6) is 0 Å². The average Bonchev–Trinajstić information content (AvgIpc) is 2.87. The summed E-state index contributed by atoms with van der Waals surface area (Å²) in [5, 5.41) is 8.96. The molecule has 0 amide bonds. The van der Waals surface area contributed by atoms with E-state index in [1.807, 2.05) is 138 Å². The molecule has 6 rings (SSSR count). The van der Waals surface area contributed by atoms with E-state index in [0.717, 1.165) is 96.3 Å². The largest absolute Gasteiger partial charge is 0 e. The molecule has 0 heterocycles. The number of hydrogen-bond acceptors (Lipinski definition) is 11. The van der Waals surface area contributed by atoms with E-state index in [9.17, 15) is 28.8 Å². The minimum absolute atomic E-state index is 0. The van der Waals surface area contributed by atoms with Crippen LogP contribution in [0.4, 0.5) is 0 Å². The van der Waals surface area contributed by atoms with Gasteiger partial charge in [0, 0.05) is 37.5 Å². The molecule has 3 aliphatic carbocycles. The molecule has 18 heteroatoms. The maximum atomic E-state index is 11.9. The molecular formula is C71H107I4O12V2-2. The fourth-order valence-electron chi connectivity index (χ4n) is 10.3. The number of ether oxygens (including phenoxy) is 5. The summed E-state index contributed by atoms with van der Waals surface area (Å²) in [5.74, 6) is 1.32. The van der Waals surface area contributed by atoms with Crippen LogP contribution < -0.4 is 0 Å². The second-order valence-corrected chi connectivity index (χ2v) is 61.3. The monoisotopic (exact) mass is 1760 g/mol. The maximum Gasteiger partial charge on any atom is 0 e. The van der Waals surface area contributed by atoms with E-state index in [-0.39, 0.29) is 60.7 Å². The first-order valence-corrected chi connectivity index (χ1v) is 45.8. The Bertz CT molecular complexity index is 2440. The zero-order valence-electron chi connectivity index (χ0n) is 54.8. The van der Waals surface area contributed by atoms with E-state index in [2.05, 4.69) is 113 Å². The summed E-state index contributed by atoms with van der Waals surface area (Å²) < 4.78 is 28.2. The average molecular weight is 1760 g/mol.